The van der Waals surface area contributed by atoms with Gasteiger partial charge in [-0.25, -0.2) is 0 Å². The van der Waals surface area contributed by atoms with Crippen molar-refractivity contribution >= 4 is 17.7 Å². The van der Waals surface area contributed by atoms with Gasteiger partial charge in [0.1, 0.15) is 11.5 Å². The first-order valence-corrected chi connectivity index (χ1v) is 13.8. The number of nitrogens with two attached hydrogens (primary N) is 2. The number of likely N-dealkylation sites (tertiary alicyclic amines) is 1. The Morgan fingerprint density at radius 3 is 2.22 bits per heavy atom. The van der Waals surface area contributed by atoms with Crippen LogP contribution in [0.25, 0.3) is 0 Å². The molecule has 0 unspecified atom stereocenters. The zero-order valence-corrected chi connectivity index (χ0v) is 22.7. The summed E-state index contributed by atoms with van der Waals surface area (Å²) in [5.41, 5.74) is 14.6. The number of nitrogens with one attached hydrogen (secondary N) is 1. The summed E-state index contributed by atoms with van der Waals surface area (Å²) in [7, 11) is 0. The minimum Gasteiger partial charge on any atom is -0.424 e. The number of aromatic nitrogens is 2. The summed E-state index contributed by atoms with van der Waals surface area (Å²) in [4.78, 5) is 39.0. The molecule has 1 aliphatic heterocycles. The number of amides is 3. The Kier molecular flexibility index (Phi) is 6.58. The van der Waals surface area contributed by atoms with E-state index in [4.69, 9.17) is 15.9 Å². The molecule has 41 heavy (non-hydrogen) atoms. The molecule has 3 aromatic rings. The molecule has 2 fully saturated rings. The molecule has 2 aliphatic carbocycles. The van der Waals surface area contributed by atoms with Crippen LogP contribution in [0.1, 0.15) is 74.0 Å². The van der Waals surface area contributed by atoms with E-state index in [0.29, 0.717) is 54.6 Å². The zero-order valence-electron chi connectivity index (χ0n) is 22.7. The number of carbonyl (C=O) groups is 3. The van der Waals surface area contributed by atoms with Gasteiger partial charge in [-0.2, -0.15) is 5.26 Å². The number of hydrogen-bond donors (Lipinski definition) is 3. The lowest BCUT2D eigenvalue weighted by Crippen LogP contribution is -2.44. The third-order valence-corrected chi connectivity index (χ3v) is 8.75. The van der Waals surface area contributed by atoms with Crippen molar-refractivity contribution in [1.29, 1.82) is 5.26 Å². The largest absolute Gasteiger partial charge is 0.424 e. The average molecular weight is 554 g/mol. The molecule has 3 amide bonds. The molecule has 1 saturated heterocycles. The van der Waals surface area contributed by atoms with Gasteiger partial charge in [0.25, 0.3) is 0 Å². The van der Waals surface area contributed by atoms with Crippen LogP contribution in [-0.4, -0.2) is 58.0 Å². The van der Waals surface area contributed by atoms with Gasteiger partial charge >= 0.3 is 0 Å². The normalized spacial score (nSPS) is 21.7. The molecule has 11 nitrogen and oxygen atoms in total. The summed E-state index contributed by atoms with van der Waals surface area (Å²) < 4.78 is 6.11. The second kappa shape index (κ2) is 10.1. The van der Waals surface area contributed by atoms with Crippen molar-refractivity contribution < 1.29 is 18.8 Å². The molecule has 0 bridgehead atoms. The second-order valence-electron chi connectivity index (χ2n) is 11.2. The highest BCUT2D eigenvalue weighted by molar-refractivity contribution is 5.94. The maximum absolute atomic E-state index is 13.1. The fourth-order valence-corrected chi connectivity index (χ4v) is 6.72. The molecule has 1 saturated carbocycles. The first kappa shape index (κ1) is 26.7. The van der Waals surface area contributed by atoms with Crippen LogP contribution in [0.5, 0.6) is 0 Å². The molecule has 3 aliphatic rings. The standard InChI is InChI=1S/C30H31N7O4/c1-16-35-36-29(41-16)30(8-9-34-15-26(38)37-22(14-31)12-21-13-25(21)37)23-6-4-19(27(32)39)10-17(23)2-3-18-11-20(28(33)40)5-7-24(18)30/h4-7,10-11,21-22,25,34H,2-3,8-9,12-13,15H2,1H3,(H2,32,39)(H2,33,40)/t21-,22+,25+/m1/s1. The number of rotatable bonds is 8. The number of piperidine rings is 1. The van der Waals surface area contributed by atoms with Gasteiger partial charge in [0.2, 0.25) is 29.5 Å². The Balaban J connectivity index is 1.39. The Morgan fingerprint density at radius 2 is 1.68 bits per heavy atom. The molecule has 0 spiro atoms. The number of nitriles is 1. The fourth-order valence-electron chi connectivity index (χ4n) is 6.72. The Bertz CT molecular complexity index is 1540. The monoisotopic (exact) mass is 553 g/mol. The Labute approximate surface area is 236 Å². The number of fused-ring (bicyclic) bond motifs is 3. The van der Waals surface area contributed by atoms with Crippen LogP contribution in [0.15, 0.2) is 40.8 Å². The van der Waals surface area contributed by atoms with Crippen molar-refractivity contribution in [3.63, 3.8) is 0 Å². The highest BCUT2D eigenvalue weighted by Crippen LogP contribution is 2.48. The molecular formula is C30H31N7O4. The Morgan fingerprint density at radius 1 is 1.05 bits per heavy atom. The van der Waals surface area contributed by atoms with Gasteiger partial charge in [-0.15, -0.1) is 10.2 Å². The topological polar surface area (TPSA) is 181 Å². The fraction of sp³-hybridized carbons (Fsp3) is 0.400. The molecule has 11 heteroatoms. The number of hydrogen-bond acceptors (Lipinski definition) is 8. The smallest absolute Gasteiger partial charge is 0.248 e. The van der Waals surface area contributed by atoms with Crippen molar-refractivity contribution in [2.24, 2.45) is 17.4 Å². The predicted octanol–water partition coefficient (Wildman–Crippen LogP) is 1.50. The minimum absolute atomic E-state index is 0.0805. The Hall–Kier alpha value is -4.56. The lowest BCUT2D eigenvalue weighted by Gasteiger charge is -2.34. The molecule has 210 valence electrons. The van der Waals surface area contributed by atoms with E-state index in [1.165, 1.54) is 0 Å². The maximum Gasteiger partial charge on any atom is 0.248 e. The van der Waals surface area contributed by atoms with E-state index in [-0.39, 0.29) is 24.5 Å². The van der Waals surface area contributed by atoms with Gasteiger partial charge < -0.3 is 26.1 Å². The first-order chi connectivity index (χ1) is 19.7. The molecule has 6 rings (SSSR count). The summed E-state index contributed by atoms with van der Waals surface area (Å²) in [6.45, 7) is 2.22. The van der Waals surface area contributed by atoms with Crippen molar-refractivity contribution in [2.75, 3.05) is 13.1 Å². The van der Waals surface area contributed by atoms with Gasteiger partial charge in [0.15, 0.2) is 0 Å². The van der Waals surface area contributed by atoms with Gasteiger partial charge in [-0.1, -0.05) is 12.1 Å². The van der Waals surface area contributed by atoms with Crippen LogP contribution in [0.2, 0.25) is 0 Å². The molecule has 2 heterocycles. The number of carbonyl (C=O) groups excluding carboxylic acids is 3. The summed E-state index contributed by atoms with van der Waals surface area (Å²) in [5.74, 6) is 0.0790. The summed E-state index contributed by atoms with van der Waals surface area (Å²) in [6, 6.07) is 12.8. The number of benzene rings is 2. The molecule has 3 atom stereocenters. The van der Waals surface area contributed by atoms with Crippen molar-refractivity contribution in [1.82, 2.24) is 20.4 Å². The second-order valence-corrected chi connectivity index (χ2v) is 11.2. The van der Waals surface area contributed by atoms with E-state index in [1.54, 1.807) is 36.1 Å². The third-order valence-electron chi connectivity index (χ3n) is 8.75. The molecule has 1 aromatic heterocycles. The van der Waals surface area contributed by atoms with E-state index < -0.39 is 17.2 Å². The van der Waals surface area contributed by atoms with Crippen LogP contribution in [-0.2, 0) is 23.1 Å². The summed E-state index contributed by atoms with van der Waals surface area (Å²) >= 11 is 0. The highest BCUT2D eigenvalue weighted by Gasteiger charge is 2.54. The van der Waals surface area contributed by atoms with E-state index in [1.807, 2.05) is 12.1 Å². The van der Waals surface area contributed by atoms with Gasteiger partial charge in [0, 0.05) is 24.1 Å². The lowest BCUT2D eigenvalue weighted by molar-refractivity contribution is -0.131. The average Bonchev–Trinajstić information content (AvgIpc) is 3.45. The van der Waals surface area contributed by atoms with E-state index in [0.717, 1.165) is 35.1 Å². The van der Waals surface area contributed by atoms with Crippen LogP contribution in [0.3, 0.4) is 0 Å². The van der Waals surface area contributed by atoms with Crippen molar-refractivity contribution in [3.05, 3.63) is 81.6 Å². The maximum atomic E-state index is 13.1. The SMILES string of the molecule is Cc1nnc(C2(CCNCC(=O)N3[C@H](C#N)C[C@@H]4C[C@@H]43)c3ccc(C(N)=O)cc3CCc3cc(C(N)=O)ccc32)o1. The molecule has 2 aromatic carbocycles. The van der Waals surface area contributed by atoms with Crippen LogP contribution in [0.4, 0.5) is 0 Å². The third kappa shape index (κ3) is 4.54. The predicted molar refractivity (Wildman–Crippen MR) is 146 cm³/mol. The highest BCUT2D eigenvalue weighted by atomic mass is 16.4. The quantitative estimate of drug-likeness (QED) is 0.351. The summed E-state index contributed by atoms with van der Waals surface area (Å²) in [5, 5.41) is 21.4. The number of nitrogens with zero attached hydrogens (tertiary/aromatic N) is 4. The van der Waals surface area contributed by atoms with Crippen LogP contribution >= 0.6 is 0 Å². The molecular weight excluding hydrogens is 522 g/mol. The van der Waals surface area contributed by atoms with Gasteiger partial charge in [-0.3, -0.25) is 14.4 Å². The number of primary amides is 2. The molecule has 5 N–H and O–H groups in total. The van der Waals surface area contributed by atoms with Gasteiger partial charge in [-0.05, 0) is 91.1 Å². The minimum atomic E-state index is -0.949. The van der Waals surface area contributed by atoms with Crippen LogP contribution < -0.4 is 16.8 Å². The first-order valence-electron chi connectivity index (χ1n) is 13.8. The summed E-state index contributed by atoms with van der Waals surface area (Å²) in [6.07, 6.45) is 3.32. The molecule has 0 radical (unpaired) electrons. The zero-order chi connectivity index (χ0) is 28.9. The van der Waals surface area contributed by atoms with Crippen LogP contribution in [0, 0.1) is 24.2 Å². The van der Waals surface area contributed by atoms with E-state index >= 15 is 0 Å². The van der Waals surface area contributed by atoms with Crippen molar-refractivity contribution in [2.45, 2.75) is 56.5 Å². The lowest BCUT2D eigenvalue weighted by atomic mass is 9.69. The van der Waals surface area contributed by atoms with E-state index in [2.05, 4.69) is 21.6 Å². The van der Waals surface area contributed by atoms with Gasteiger partial charge in [0.05, 0.1) is 12.6 Å². The van der Waals surface area contributed by atoms with E-state index in [9.17, 15) is 19.6 Å². The number of aryl methyl sites for hydroxylation is 3. The van der Waals surface area contributed by atoms with Crippen molar-refractivity contribution in [3.8, 4) is 6.07 Å².